The lowest BCUT2D eigenvalue weighted by Gasteiger charge is -2.08. The Morgan fingerprint density at radius 3 is 2.64 bits per heavy atom. The molecule has 0 spiro atoms. The Bertz CT molecular complexity index is 355. The van der Waals surface area contributed by atoms with Gasteiger partial charge in [-0.05, 0) is 12.1 Å². The van der Waals surface area contributed by atoms with E-state index in [1.807, 2.05) is 0 Å². The highest BCUT2D eigenvalue weighted by Gasteiger charge is 2.22. The summed E-state index contributed by atoms with van der Waals surface area (Å²) in [5.74, 6) is -0.978. The zero-order chi connectivity index (χ0) is 10.7. The number of hydrogen-bond donors (Lipinski definition) is 0. The van der Waals surface area contributed by atoms with Crippen LogP contribution in [0.3, 0.4) is 0 Å². The van der Waals surface area contributed by atoms with Gasteiger partial charge in [0.15, 0.2) is 0 Å². The van der Waals surface area contributed by atoms with Crippen molar-refractivity contribution in [1.82, 2.24) is 0 Å². The van der Waals surface area contributed by atoms with Crippen LogP contribution in [0.25, 0.3) is 0 Å². The molecule has 1 unspecified atom stereocenters. The van der Waals surface area contributed by atoms with Gasteiger partial charge in [0, 0.05) is 15.6 Å². The van der Waals surface area contributed by atoms with Crippen LogP contribution >= 0.6 is 23.2 Å². The summed E-state index contributed by atoms with van der Waals surface area (Å²) in [6.07, 6.45) is -1.87. The number of rotatable bonds is 2. The van der Waals surface area contributed by atoms with Gasteiger partial charge in [0.1, 0.15) is 0 Å². The van der Waals surface area contributed by atoms with E-state index in [0.717, 1.165) is 7.11 Å². The van der Waals surface area contributed by atoms with E-state index in [9.17, 15) is 9.18 Å². The molecule has 0 aliphatic rings. The van der Waals surface area contributed by atoms with Crippen molar-refractivity contribution in [2.45, 2.75) is 6.17 Å². The number of hydrogen-bond acceptors (Lipinski definition) is 2. The predicted octanol–water partition coefficient (Wildman–Crippen LogP) is 3.18. The lowest BCUT2D eigenvalue weighted by molar-refractivity contribution is -0.146. The number of alkyl halides is 1. The number of ether oxygens (including phenoxy) is 1. The molecule has 1 atom stereocenters. The van der Waals surface area contributed by atoms with E-state index in [2.05, 4.69) is 4.74 Å². The Morgan fingerprint density at radius 2 is 2.14 bits per heavy atom. The summed E-state index contributed by atoms with van der Waals surface area (Å²) >= 11 is 11.3. The molecule has 0 radical (unpaired) electrons. The molecule has 0 aliphatic heterocycles. The lowest BCUT2D eigenvalue weighted by Crippen LogP contribution is -2.09. The summed E-state index contributed by atoms with van der Waals surface area (Å²) in [6, 6.07) is 4.18. The molecule has 0 bridgehead atoms. The van der Waals surface area contributed by atoms with Crippen molar-refractivity contribution in [2.24, 2.45) is 0 Å². The van der Waals surface area contributed by atoms with Gasteiger partial charge in [-0.2, -0.15) is 0 Å². The topological polar surface area (TPSA) is 26.3 Å². The van der Waals surface area contributed by atoms with Gasteiger partial charge in [-0.15, -0.1) is 0 Å². The van der Waals surface area contributed by atoms with Gasteiger partial charge in [0.05, 0.1) is 7.11 Å². The molecule has 2 nitrogen and oxygen atoms in total. The SMILES string of the molecule is COC(=O)C(F)c1ccc(Cl)cc1Cl. The molecule has 0 fully saturated rings. The maximum atomic E-state index is 13.3. The van der Waals surface area contributed by atoms with Crippen molar-refractivity contribution in [1.29, 1.82) is 0 Å². The second-order valence-corrected chi connectivity index (χ2v) is 3.40. The van der Waals surface area contributed by atoms with Crippen molar-refractivity contribution in [2.75, 3.05) is 7.11 Å². The normalized spacial score (nSPS) is 12.3. The monoisotopic (exact) mass is 236 g/mol. The number of methoxy groups -OCH3 is 1. The third-order valence-corrected chi connectivity index (χ3v) is 2.21. The smallest absolute Gasteiger partial charge is 0.345 e. The third-order valence-electron chi connectivity index (χ3n) is 1.64. The molecular formula is C9H7Cl2FO2. The minimum Gasteiger partial charge on any atom is -0.467 e. The zero-order valence-corrected chi connectivity index (χ0v) is 8.77. The first kappa shape index (κ1) is 11.3. The van der Waals surface area contributed by atoms with Crippen molar-refractivity contribution >= 4 is 29.2 Å². The average Bonchev–Trinajstić information content (AvgIpc) is 2.15. The molecule has 0 saturated heterocycles. The van der Waals surface area contributed by atoms with E-state index in [0.29, 0.717) is 5.02 Å². The molecule has 76 valence electrons. The summed E-state index contributed by atoms with van der Waals surface area (Å²) in [5, 5.41) is 0.492. The number of halogens is 3. The maximum Gasteiger partial charge on any atom is 0.345 e. The molecule has 14 heavy (non-hydrogen) atoms. The number of esters is 1. The molecular weight excluding hydrogens is 230 g/mol. The van der Waals surface area contributed by atoms with Gasteiger partial charge >= 0.3 is 5.97 Å². The summed E-state index contributed by atoms with van der Waals surface area (Å²) in [7, 11) is 1.11. The Kier molecular flexibility index (Phi) is 3.72. The number of carbonyl (C=O) groups is 1. The average molecular weight is 237 g/mol. The van der Waals surface area contributed by atoms with Crippen LogP contribution in [-0.4, -0.2) is 13.1 Å². The second-order valence-electron chi connectivity index (χ2n) is 2.55. The van der Waals surface area contributed by atoms with Crippen LogP contribution in [0.1, 0.15) is 11.7 Å². The fourth-order valence-electron chi connectivity index (χ4n) is 0.937. The van der Waals surface area contributed by atoms with Gasteiger partial charge < -0.3 is 4.74 Å². The highest BCUT2D eigenvalue weighted by molar-refractivity contribution is 6.35. The molecule has 0 aliphatic carbocycles. The van der Waals surface area contributed by atoms with Gasteiger partial charge in [0.2, 0.25) is 6.17 Å². The summed E-state index contributed by atoms with van der Waals surface area (Å²) in [5.41, 5.74) is 0.0583. The summed E-state index contributed by atoms with van der Waals surface area (Å²) in [4.78, 5) is 10.9. The van der Waals surface area contributed by atoms with Crippen LogP contribution in [0.2, 0.25) is 10.0 Å². The minimum absolute atomic E-state index is 0.0583. The van der Waals surface area contributed by atoms with E-state index < -0.39 is 12.1 Å². The van der Waals surface area contributed by atoms with Gasteiger partial charge in [-0.3, -0.25) is 0 Å². The molecule has 0 saturated carbocycles. The van der Waals surface area contributed by atoms with Crippen LogP contribution in [0.5, 0.6) is 0 Å². The number of carbonyl (C=O) groups excluding carboxylic acids is 1. The van der Waals surface area contributed by atoms with Gasteiger partial charge in [-0.25, -0.2) is 9.18 Å². The summed E-state index contributed by atoms with van der Waals surface area (Å²) in [6.45, 7) is 0. The minimum atomic E-state index is -1.87. The molecule has 0 aromatic heterocycles. The lowest BCUT2D eigenvalue weighted by atomic mass is 10.1. The first-order valence-corrected chi connectivity index (χ1v) is 4.48. The first-order valence-electron chi connectivity index (χ1n) is 3.73. The van der Waals surface area contributed by atoms with E-state index in [4.69, 9.17) is 23.2 Å². The largest absolute Gasteiger partial charge is 0.467 e. The molecule has 0 amide bonds. The Balaban J connectivity index is 3.01. The highest BCUT2D eigenvalue weighted by atomic mass is 35.5. The molecule has 5 heteroatoms. The first-order chi connectivity index (χ1) is 6.56. The quantitative estimate of drug-likeness (QED) is 0.738. The van der Waals surface area contributed by atoms with Crippen LogP contribution in [0.4, 0.5) is 4.39 Å². The maximum absolute atomic E-state index is 13.3. The van der Waals surface area contributed by atoms with Crippen LogP contribution in [0.15, 0.2) is 18.2 Å². The van der Waals surface area contributed by atoms with Gasteiger partial charge in [-0.1, -0.05) is 29.3 Å². The predicted molar refractivity (Wildman–Crippen MR) is 52.3 cm³/mol. The third kappa shape index (κ3) is 2.36. The zero-order valence-electron chi connectivity index (χ0n) is 7.26. The Morgan fingerprint density at radius 1 is 1.50 bits per heavy atom. The van der Waals surface area contributed by atoms with E-state index in [1.165, 1.54) is 18.2 Å². The second kappa shape index (κ2) is 4.62. The fourth-order valence-corrected chi connectivity index (χ4v) is 1.44. The molecule has 1 aromatic rings. The summed E-state index contributed by atoms with van der Waals surface area (Å²) < 4.78 is 17.6. The highest BCUT2D eigenvalue weighted by Crippen LogP contribution is 2.29. The van der Waals surface area contributed by atoms with E-state index >= 15 is 0 Å². The van der Waals surface area contributed by atoms with E-state index in [1.54, 1.807) is 0 Å². The van der Waals surface area contributed by atoms with Crippen LogP contribution in [0, 0.1) is 0 Å². The molecule has 0 heterocycles. The molecule has 1 aromatic carbocycles. The van der Waals surface area contributed by atoms with Gasteiger partial charge in [0.25, 0.3) is 0 Å². The van der Waals surface area contributed by atoms with E-state index in [-0.39, 0.29) is 10.6 Å². The van der Waals surface area contributed by atoms with Crippen molar-refractivity contribution in [3.05, 3.63) is 33.8 Å². The van der Waals surface area contributed by atoms with Crippen molar-refractivity contribution < 1.29 is 13.9 Å². The van der Waals surface area contributed by atoms with Crippen molar-refractivity contribution in [3.8, 4) is 0 Å². The Hall–Kier alpha value is -0.800. The van der Waals surface area contributed by atoms with Crippen LogP contribution in [-0.2, 0) is 9.53 Å². The molecule has 0 N–H and O–H groups in total. The fraction of sp³-hybridized carbons (Fsp3) is 0.222. The van der Waals surface area contributed by atoms with Crippen LogP contribution < -0.4 is 0 Å². The van der Waals surface area contributed by atoms with Crippen molar-refractivity contribution in [3.63, 3.8) is 0 Å². The standard InChI is InChI=1S/C9H7Cl2FO2/c1-14-9(13)8(12)6-3-2-5(10)4-7(6)11/h2-4,8H,1H3. The molecule has 1 rings (SSSR count). The Labute approximate surface area is 90.6 Å². The number of benzene rings is 1.